The lowest BCUT2D eigenvalue weighted by Crippen LogP contribution is -2.29. The molecule has 4 heterocycles. The van der Waals surface area contributed by atoms with Crippen molar-refractivity contribution in [2.24, 2.45) is 0 Å². The predicted molar refractivity (Wildman–Crippen MR) is 135 cm³/mol. The fraction of sp³-hybridized carbons (Fsp3) is 0.120. The van der Waals surface area contributed by atoms with Crippen LogP contribution in [-0.2, 0) is 0 Å². The van der Waals surface area contributed by atoms with Gasteiger partial charge in [-0.1, -0.05) is 29.4 Å². The lowest BCUT2D eigenvalue weighted by molar-refractivity contribution is 0.174. The molecule has 2 aromatic heterocycles. The van der Waals surface area contributed by atoms with Crippen molar-refractivity contribution < 1.29 is 13.9 Å². The number of thiocarbonyl (C=S) groups is 1. The first-order chi connectivity index (χ1) is 16.7. The Labute approximate surface area is 210 Å². The van der Waals surface area contributed by atoms with Gasteiger partial charge >= 0.3 is 0 Å². The molecule has 0 unspecified atom stereocenters. The Kier molecular flexibility index (Phi) is 5.57. The highest BCUT2D eigenvalue weighted by molar-refractivity contribution is 7.99. The number of hydrogen-bond acceptors (Lipinski definition) is 6. The number of anilines is 1. The van der Waals surface area contributed by atoms with Gasteiger partial charge in [0.1, 0.15) is 11.8 Å². The third-order valence-electron chi connectivity index (χ3n) is 5.66. The number of furan rings is 1. The SMILES string of the molecule is S=C1N[C@H](c2ccccn2)[C@@H](c2ccc(Sc3ccc(Cl)cc3)o2)N1c1ccc2c(c1)OCO2. The average molecular weight is 508 g/mol. The van der Waals surface area contributed by atoms with E-state index in [1.165, 1.54) is 11.8 Å². The van der Waals surface area contributed by atoms with Crippen molar-refractivity contribution in [3.8, 4) is 11.5 Å². The van der Waals surface area contributed by atoms with Crippen LogP contribution < -0.4 is 19.7 Å². The minimum atomic E-state index is -0.248. The van der Waals surface area contributed by atoms with Crippen LogP contribution in [-0.4, -0.2) is 16.9 Å². The second-order valence-electron chi connectivity index (χ2n) is 7.75. The van der Waals surface area contributed by atoms with Crippen LogP contribution in [0, 0.1) is 0 Å². The number of fused-ring (bicyclic) bond motifs is 1. The fourth-order valence-electron chi connectivity index (χ4n) is 4.12. The van der Waals surface area contributed by atoms with Crippen molar-refractivity contribution in [2.75, 3.05) is 11.7 Å². The molecule has 6 rings (SSSR count). The molecule has 34 heavy (non-hydrogen) atoms. The maximum atomic E-state index is 6.35. The molecule has 2 atom stereocenters. The van der Waals surface area contributed by atoms with E-state index in [0.29, 0.717) is 15.9 Å². The molecule has 4 aromatic rings. The number of benzene rings is 2. The van der Waals surface area contributed by atoms with Gasteiger partial charge in [0, 0.05) is 27.9 Å². The van der Waals surface area contributed by atoms with Gasteiger partial charge in [0.05, 0.1) is 11.7 Å². The zero-order valence-corrected chi connectivity index (χ0v) is 20.1. The van der Waals surface area contributed by atoms with Crippen LogP contribution in [0.5, 0.6) is 11.5 Å². The van der Waals surface area contributed by atoms with E-state index in [1.807, 2.05) is 77.7 Å². The van der Waals surface area contributed by atoms with Crippen LogP contribution in [0.3, 0.4) is 0 Å². The van der Waals surface area contributed by atoms with Crippen LogP contribution in [0.15, 0.2) is 93.4 Å². The first-order valence-electron chi connectivity index (χ1n) is 10.6. The lowest BCUT2D eigenvalue weighted by atomic mass is 10.0. The van der Waals surface area contributed by atoms with Gasteiger partial charge in [-0.15, -0.1) is 0 Å². The van der Waals surface area contributed by atoms with Crippen molar-refractivity contribution in [2.45, 2.75) is 22.1 Å². The molecular weight excluding hydrogens is 490 g/mol. The minimum Gasteiger partial charge on any atom is -0.454 e. The van der Waals surface area contributed by atoms with Crippen LogP contribution >= 0.6 is 35.6 Å². The number of nitrogens with zero attached hydrogens (tertiary/aromatic N) is 2. The maximum absolute atomic E-state index is 6.35. The zero-order valence-electron chi connectivity index (χ0n) is 17.7. The molecule has 1 fully saturated rings. The van der Waals surface area contributed by atoms with Gasteiger partial charge in [0.15, 0.2) is 21.7 Å². The largest absolute Gasteiger partial charge is 0.454 e. The van der Waals surface area contributed by atoms with Crippen LogP contribution in [0.1, 0.15) is 23.5 Å². The predicted octanol–water partition coefficient (Wildman–Crippen LogP) is 6.39. The van der Waals surface area contributed by atoms with E-state index in [4.69, 9.17) is 37.7 Å². The fourth-order valence-corrected chi connectivity index (χ4v) is 5.37. The smallest absolute Gasteiger partial charge is 0.231 e. The van der Waals surface area contributed by atoms with Gasteiger partial charge in [-0.05, 0) is 72.9 Å². The molecule has 0 amide bonds. The number of ether oxygens (including phenoxy) is 2. The summed E-state index contributed by atoms with van der Waals surface area (Å²) in [5, 5.41) is 5.51. The molecular formula is C25H18ClN3O3S2. The summed E-state index contributed by atoms with van der Waals surface area (Å²) in [4.78, 5) is 7.68. The Morgan fingerprint density at radius 3 is 2.68 bits per heavy atom. The van der Waals surface area contributed by atoms with E-state index < -0.39 is 0 Å². The summed E-state index contributed by atoms with van der Waals surface area (Å²) in [6.45, 7) is 0.213. The first-order valence-corrected chi connectivity index (χ1v) is 12.2. The lowest BCUT2D eigenvalue weighted by Gasteiger charge is -2.26. The highest BCUT2D eigenvalue weighted by Crippen LogP contribution is 2.45. The molecule has 1 saturated heterocycles. The zero-order chi connectivity index (χ0) is 23.1. The number of hydrogen-bond donors (Lipinski definition) is 1. The molecule has 0 radical (unpaired) electrons. The Morgan fingerprint density at radius 2 is 1.85 bits per heavy atom. The molecule has 170 valence electrons. The molecule has 1 N–H and O–H groups in total. The van der Waals surface area contributed by atoms with Gasteiger partial charge in [0.2, 0.25) is 6.79 Å². The molecule has 2 aliphatic rings. The minimum absolute atomic E-state index is 0.196. The Bertz CT molecular complexity index is 1350. The van der Waals surface area contributed by atoms with Crippen molar-refractivity contribution in [1.29, 1.82) is 0 Å². The van der Waals surface area contributed by atoms with E-state index in [2.05, 4.69) is 10.3 Å². The maximum Gasteiger partial charge on any atom is 0.231 e. The summed E-state index contributed by atoms with van der Waals surface area (Å²) >= 11 is 13.3. The summed E-state index contributed by atoms with van der Waals surface area (Å²) in [5.74, 6) is 2.19. The number of nitrogens with one attached hydrogen (secondary N) is 1. The van der Waals surface area contributed by atoms with Crippen LogP contribution in [0.2, 0.25) is 5.02 Å². The van der Waals surface area contributed by atoms with Gasteiger partial charge in [-0.3, -0.25) is 4.98 Å². The van der Waals surface area contributed by atoms with Gasteiger partial charge < -0.3 is 24.1 Å². The van der Waals surface area contributed by atoms with Crippen molar-refractivity contribution in [3.05, 3.63) is 95.5 Å². The molecule has 0 spiro atoms. The highest BCUT2D eigenvalue weighted by atomic mass is 35.5. The van der Waals surface area contributed by atoms with Crippen molar-refractivity contribution in [1.82, 2.24) is 10.3 Å². The van der Waals surface area contributed by atoms with E-state index in [9.17, 15) is 0 Å². The monoisotopic (exact) mass is 507 g/mol. The molecule has 0 bridgehead atoms. The van der Waals surface area contributed by atoms with Crippen LogP contribution in [0.25, 0.3) is 0 Å². The average Bonchev–Trinajstić information content (AvgIpc) is 3.59. The normalized spacial score (nSPS) is 18.9. The molecule has 6 nitrogen and oxygen atoms in total. The van der Waals surface area contributed by atoms with Crippen molar-refractivity contribution in [3.63, 3.8) is 0 Å². The highest BCUT2D eigenvalue weighted by Gasteiger charge is 2.43. The summed E-state index contributed by atoms with van der Waals surface area (Å²) in [5.41, 5.74) is 1.76. The Balaban J connectivity index is 1.38. The molecule has 2 aromatic carbocycles. The van der Waals surface area contributed by atoms with E-state index >= 15 is 0 Å². The van der Waals surface area contributed by atoms with Crippen molar-refractivity contribution >= 4 is 46.4 Å². The third-order valence-corrected chi connectivity index (χ3v) is 7.15. The topological polar surface area (TPSA) is 59.8 Å². The van der Waals surface area contributed by atoms with Crippen LogP contribution in [0.4, 0.5) is 5.69 Å². The van der Waals surface area contributed by atoms with E-state index in [1.54, 1.807) is 6.20 Å². The van der Waals surface area contributed by atoms with Gasteiger partial charge in [-0.2, -0.15) is 0 Å². The molecule has 9 heteroatoms. The van der Waals surface area contributed by atoms with Gasteiger partial charge in [0.25, 0.3) is 0 Å². The Hall–Kier alpha value is -3.20. The third kappa shape index (κ3) is 3.98. The summed E-state index contributed by atoms with van der Waals surface area (Å²) < 4.78 is 17.4. The number of rotatable bonds is 5. The van der Waals surface area contributed by atoms with E-state index in [-0.39, 0.29) is 18.9 Å². The Morgan fingerprint density at radius 1 is 1.00 bits per heavy atom. The number of halogens is 1. The number of aromatic nitrogens is 1. The quantitative estimate of drug-likeness (QED) is 0.312. The first kappa shape index (κ1) is 21.3. The summed E-state index contributed by atoms with van der Waals surface area (Å²) in [6.07, 6.45) is 1.78. The number of pyridine rings is 1. The van der Waals surface area contributed by atoms with Gasteiger partial charge in [-0.25, -0.2) is 0 Å². The molecule has 0 aliphatic carbocycles. The molecule has 2 aliphatic heterocycles. The standard InChI is InChI=1S/C25H18ClN3O3S2/c26-15-4-7-17(8-5-15)34-22-11-10-20(32-22)24-23(18-3-1-2-12-27-18)28-25(33)29(24)16-6-9-19-21(13-16)31-14-30-19/h1-13,23-24H,14H2,(H,28,33)/t23-,24-/m1/s1. The summed E-state index contributed by atoms with van der Waals surface area (Å²) in [6, 6.07) is 22.9. The molecule has 0 saturated carbocycles. The second-order valence-corrected chi connectivity index (χ2v) is 9.65. The van der Waals surface area contributed by atoms with E-state index in [0.717, 1.165) is 32.9 Å². The summed E-state index contributed by atoms with van der Waals surface area (Å²) in [7, 11) is 0. The second kappa shape index (κ2) is 8.87.